The lowest BCUT2D eigenvalue weighted by Crippen LogP contribution is -2.51. The first-order valence-corrected chi connectivity index (χ1v) is 15.8. The number of nitrogens with zero attached hydrogens (tertiary/aromatic N) is 3. The summed E-state index contributed by atoms with van der Waals surface area (Å²) in [4.78, 5) is 46.0. The molecule has 214 valence electrons. The summed E-state index contributed by atoms with van der Waals surface area (Å²) in [6.45, 7) is 7.42. The molecule has 0 saturated carbocycles. The number of benzene rings is 2. The van der Waals surface area contributed by atoms with Crippen LogP contribution in [0.3, 0.4) is 0 Å². The van der Waals surface area contributed by atoms with Crippen LogP contribution < -0.4 is 21.7 Å². The van der Waals surface area contributed by atoms with Crippen LogP contribution in [-0.4, -0.2) is 52.1 Å². The van der Waals surface area contributed by atoms with Crippen LogP contribution in [0.5, 0.6) is 5.75 Å². The van der Waals surface area contributed by atoms with Crippen LogP contribution in [0, 0.1) is 24.0 Å². The van der Waals surface area contributed by atoms with Crippen LogP contribution in [0.2, 0.25) is 0 Å². The molecule has 1 aromatic heterocycles. The van der Waals surface area contributed by atoms with Gasteiger partial charge in [0.05, 0.1) is 31.4 Å². The number of nitrogens with one attached hydrogen (secondary N) is 1. The molecule has 2 aromatic carbocycles. The van der Waals surface area contributed by atoms with Gasteiger partial charge in [-0.15, -0.1) is 0 Å². The molecular weight excluding hydrogens is 528 g/mol. The van der Waals surface area contributed by atoms with Gasteiger partial charge in [0.15, 0.2) is 0 Å². The molecular formula is C30H38N4O5S. The topological polar surface area (TPSA) is 108 Å². The Morgan fingerprint density at radius 2 is 1.73 bits per heavy atom. The van der Waals surface area contributed by atoms with E-state index in [2.05, 4.69) is 39.9 Å². The summed E-state index contributed by atoms with van der Waals surface area (Å²) in [6.07, 6.45) is 6.41. The number of aryl methyl sites for hydroxylation is 1. The molecule has 0 aliphatic carbocycles. The Bertz CT molecular complexity index is 1610. The number of esters is 1. The Morgan fingerprint density at radius 1 is 1.05 bits per heavy atom. The van der Waals surface area contributed by atoms with Crippen LogP contribution >= 0.6 is 10.0 Å². The third-order valence-corrected chi connectivity index (χ3v) is 6.51. The van der Waals surface area contributed by atoms with Crippen LogP contribution in [0.25, 0.3) is 0 Å². The average molecular weight is 567 g/mol. The maximum absolute atomic E-state index is 13.6. The molecule has 0 spiro atoms. The van der Waals surface area contributed by atoms with Crippen molar-refractivity contribution in [2.45, 2.75) is 46.9 Å². The first-order chi connectivity index (χ1) is 18.8. The molecule has 0 aliphatic heterocycles. The maximum atomic E-state index is 13.6. The SMILES string of the molecule is COC(=O)[C@@H](C)Cn1c(=O)[nH]/c(=N\c2ccc(OC(C)C)c(C)c2)n(Cc2ccc(C#CS(C)(C)C)cc2)c1=O. The Morgan fingerprint density at radius 3 is 2.30 bits per heavy atom. The van der Waals surface area contributed by atoms with Gasteiger partial charge in [-0.05, 0) is 86.2 Å². The quantitative estimate of drug-likeness (QED) is 0.332. The zero-order valence-corrected chi connectivity index (χ0v) is 25.2. The van der Waals surface area contributed by atoms with Crippen LogP contribution in [-0.2, 0) is 22.6 Å². The van der Waals surface area contributed by atoms with Crippen molar-refractivity contribution in [1.29, 1.82) is 0 Å². The lowest BCUT2D eigenvalue weighted by molar-refractivity contribution is -0.145. The predicted octanol–water partition coefficient (Wildman–Crippen LogP) is 3.53. The Labute approximate surface area is 236 Å². The molecule has 0 radical (unpaired) electrons. The van der Waals surface area contributed by atoms with Gasteiger partial charge in [-0.1, -0.05) is 25.0 Å². The summed E-state index contributed by atoms with van der Waals surface area (Å²) in [7, 11) is 0.311. The summed E-state index contributed by atoms with van der Waals surface area (Å²) in [5.74, 6) is 2.73. The summed E-state index contributed by atoms with van der Waals surface area (Å²) >= 11 is 0. The highest BCUT2D eigenvalue weighted by molar-refractivity contribution is 8.35. The molecule has 1 N–H and O–H groups in total. The molecule has 0 saturated heterocycles. The fraction of sp³-hybridized carbons (Fsp3) is 0.400. The van der Waals surface area contributed by atoms with Gasteiger partial charge in [0, 0.05) is 12.1 Å². The summed E-state index contributed by atoms with van der Waals surface area (Å²) < 4.78 is 13.0. The van der Waals surface area contributed by atoms with Crippen LogP contribution in [0.4, 0.5) is 5.69 Å². The van der Waals surface area contributed by atoms with E-state index >= 15 is 0 Å². The van der Waals surface area contributed by atoms with Crippen molar-refractivity contribution in [3.05, 3.63) is 85.7 Å². The zero-order chi connectivity index (χ0) is 29.6. The molecule has 0 bridgehead atoms. The van der Waals surface area contributed by atoms with E-state index in [0.29, 0.717) is 5.69 Å². The number of aromatic amines is 1. The van der Waals surface area contributed by atoms with Gasteiger partial charge in [0.2, 0.25) is 5.62 Å². The smallest absolute Gasteiger partial charge is 0.335 e. The third-order valence-electron chi connectivity index (χ3n) is 5.79. The molecule has 1 atom stereocenters. The van der Waals surface area contributed by atoms with Gasteiger partial charge in [0.25, 0.3) is 0 Å². The second kappa shape index (κ2) is 12.9. The predicted molar refractivity (Wildman–Crippen MR) is 160 cm³/mol. The second-order valence-electron chi connectivity index (χ2n) is 10.6. The van der Waals surface area contributed by atoms with Gasteiger partial charge in [0.1, 0.15) is 5.75 Å². The summed E-state index contributed by atoms with van der Waals surface area (Å²) in [6, 6.07) is 13.0. The van der Waals surface area contributed by atoms with Crippen LogP contribution in [0.15, 0.2) is 57.0 Å². The van der Waals surface area contributed by atoms with Crippen LogP contribution in [0.1, 0.15) is 37.5 Å². The van der Waals surface area contributed by atoms with Gasteiger partial charge in [-0.25, -0.2) is 19.1 Å². The molecule has 9 nitrogen and oxygen atoms in total. The van der Waals surface area contributed by atoms with E-state index in [1.807, 2.05) is 57.2 Å². The minimum atomic E-state index is -0.957. The monoisotopic (exact) mass is 566 g/mol. The van der Waals surface area contributed by atoms with E-state index in [9.17, 15) is 14.4 Å². The number of carbonyl (C=O) groups excluding carboxylic acids is 1. The number of carbonyl (C=O) groups is 1. The van der Waals surface area contributed by atoms with E-state index < -0.39 is 33.3 Å². The number of hydrogen-bond acceptors (Lipinski definition) is 6. The molecule has 0 fully saturated rings. The normalized spacial score (nSPS) is 13.0. The van der Waals surface area contributed by atoms with Gasteiger partial charge in [-0.2, -0.15) is 10.0 Å². The standard InChI is InChI=1S/C30H38N4O5S/c1-20(2)39-26-14-13-25(17-21(26)3)31-28-32-29(36)34(18-22(4)27(35)38-5)30(37)33(28)19-24-11-9-23(10-12-24)15-16-40(6,7)8/h9-14,17,20,22H,18-19H2,1-8H3,(H,31,32,36)/t22-/m0/s1. The first kappa shape index (κ1) is 30.6. The van der Waals surface area contributed by atoms with E-state index in [1.54, 1.807) is 13.0 Å². The maximum Gasteiger partial charge on any atom is 0.335 e. The van der Waals surface area contributed by atoms with E-state index in [-0.39, 0.29) is 24.8 Å². The molecule has 10 heteroatoms. The molecule has 3 rings (SSSR count). The zero-order valence-electron chi connectivity index (χ0n) is 24.4. The molecule has 3 aromatic rings. The lowest BCUT2D eigenvalue weighted by atomic mass is 10.1. The number of ether oxygens (including phenoxy) is 2. The Kier molecular flexibility index (Phi) is 9.88. The Balaban J connectivity index is 2.11. The van der Waals surface area contributed by atoms with Gasteiger partial charge in [-0.3, -0.25) is 14.3 Å². The molecule has 0 unspecified atom stereocenters. The van der Waals surface area contributed by atoms with Crippen molar-refractivity contribution in [3.8, 4) is 16.9 Å². The van der Waals surface area contributed by atoms with Crippen molar-refractivity contribution < 1.29 is 14.3 Å². The number of H-pyrrole nitrogens is 1. The van der Waals surface area contributed by atoms with Crippen molar-refractivity contribution in [3.63, 3.8) is 0 Å². The van der Waals surface area contributed by atoms with Crippen molar-refractivity contribution in [2.24, 2.45) is 10.9 Å². The minimum absolute atomic E-state index is 0.0204. The number of methoxy groups -OCH3 is 1. The fourth-order valence-corrected chi connectivity index (χ4v) is 4.22. The minimum Gasteiger partial charge on any atom is -0.491 e. The summed E-state index contributed by atoms with van der Waals surface area (Å²) in [5, 5.41) is 3.29. The average Bonchev–Trinajstić information content (AvgIpc) is 2.88. The fourth-order valence-electron chi connectivity index (χ4n) is 3.79. The molecule has 1 heterocycles. The first-order valence-electron chi connectivity index (χ1n) is 12.9. The molecule has 40 heavy (non-hydrogen) atoms. The van der Waals surface area contributed by atoms with E-state index in [1.165, 1.54) is 11.7 Å². The number of hydrogen-bond donors (Lipinski definition) is 1. The van der Waals surface area contributed by atoms with E-state index in [4.69, 9.17) is 9.47 Å². The third kappa shape index (κ3) is 8.26. The lowest BCUT2D eigenvalue weighted by Gasteiger charge is -2.15. The largest absolute Gasteiger partial charge is 0.491 e. The molecule has 0 amide bonds. The second-order valence-corrected chi connectivity index (χ2v) is 14.5. The highest BCUT2D eigenvalue weighted by atomic mass is 32.3. The highest BCUT2D eigenvalue weighted by Crippen LogP contribution is 2.32. The van der Waals surface area contributed by atoms with Gasteiger partial charge < -0.3 is 9.47 Å². The van der Waals surface area contributed by atoms with Gasteiger partial charge >= 0.3 is 17.3 Å². The number of rotatable bonds is 8. The molecule has 0 aliphatic rings. The summed E-state index contributed by atoms with van der Waals surface area (Å²) in [5.41, 5.74) is 1.97. The van der Waals surface area contributed by atoms with Crippen molar-refractivity contribution in [1.82, 2.24) is 14.1 Å². The van der Waals surface area contributed by atoms with E-state index in [0.717, 1.165) is 27.0 Å². The highest BCUT2D eigenvalue weighted by Gasteiger charge is 2.18. The van der Waals surface area contributed by atoms with Crippen molar-refractivity contribution in [2.75, 3.05) is 25.9 Å². The Hall–Kier alpha value is -3.97. The van der Waals surface area contributed by atoms with Crippen molar-refractivity contribution >= 4 is 21.7 Å². The number of aromatic nitrogens is 3.